The minimum absolute atomic E-state index is 0.192. The zero-order valence-corrected chi connectivity index (χ0v) is 22.6. The maximum atomic E-state index is 13.5. The van der Waals surface area contributed by atoms with Crippen LogP contribution in [0, 0.1) is 23.2 Å². The van der Waals surface area contributed by atoms with Gasteiger partial charge in [0.05, 0.1) is 21.9 Å². The van der Waals surface area contributed by atoms with E-state index in [1.807, 2.05) is 18.2 Å². The van der Waals surface area contributed by atoms with E-state index in [1.54, 1.807) is 12.1 Å². The molecule has 4 aliphatic rings. The predicted molar refractivity (Wildman–Crippen MR) is 144 cm³/mol. The maximum absolute atomic E-state index is 13.5. The molecule has 0 heterocycles. The van der Waals surface area contributed by atoms with Gasteiger partial charge >= 0.3 is 0 Å². The third kappa shape index (κ3) is 4.46. The molecule has 0 aromatic heterocycles. The van der Waals surface area contributed by atoms with Crippen molar-refractivity contribution >= 4 is 9.84 Å². The Kier molecular flexibility index (Phi) is 6.89. The summed E-state index contributed by atoms with van der Waals surface area (Å²) in [5, 5.41) is 20.3. The second-order valence-corrected chi connectivity index (χ2v) is 14.7. The van der Waals surface area contributed by atoms with Crippen molar-refractivity contribution in [2.75, 3.05) is 0 Å². The van der Waals surface area contributed by atoms with Crippen LogP contribution >= 0.6 is 0 Å². The molecule has 0 saturated heterocycles. The highest BCUT2D eigenvalue weighted by molar-refractivity contribution is 7.93. The molecule has 0 amide bonds. The number of benzene rings is 1. The third-order valence-electron chi connectivity index (χ3n) is 10.1. The van der Waals surface area contributed by atoms with Crippen molar-refractivity contribution in [3.8, 4) is 0 Å². The van der Waals surface area contributed by atoms with Crippen LogP contribution in [0.4, 0.5) is 0 Å². The SMILES string of the molecule is C=C1/C(=C\C=C2/CCC[C@]3(C)[C@@H]([C@H](C)CC4(S(=O)(=O)c5ccccc5)CC4)CC[C@@H]23)C[C@@H](O)C[C@@H]1O. The van der Waals surface area contributed by atoms with Crippen LogP contribution in [0.2, 0.25) is 0 Å². The Bertz CT molecular complexity index is 1160. The van der Waals surface area contributed by atoms with E-state index in [9.17, 15) is 18.6 Å². The number of hydrogen-bond acceptors (Lipinski definition) is 4. The van der Waals surface area contributed by atoms with Gasteiger partial charge in [0, 0.05) is 6.42 Å². The van der Waals surface area contributed by atoms with Crippen LogP contribution < -0.4 is 0 Å². The monoisotopic (exact) mass is 510 g/mol. The molecule has 5 rings (SSSR count). The lowest BCUT2D eigenvalue weighted by Gasteiger charge is -2.45. The predicted octanol–water partition coefficient (Wildman–Crippen LogP) is 6.16. The normalized spacial score (nSPS) is 37.2. The van der Waals surface area contributed by atoms with Gasteiger partial charge in [0.25, 0.3) is 0 Å². The van der Waals surface area contributed by atoms with Gasteiger partial charge in [-0.15, -0.1) is 0 Å². The van der Waals surface area contributed by atoms with Gasteiger partial charge in [-0.05, 0) is 104 Å². The molecule has 2 N–H and O–H groups in total. The summed E-state index contributed by atoms with van der Waals surface area (Å²) in [7, 11) is -3.32. The van der Waals surface area contributed by atoms with Crippen LogP contribution in [-0.4, -0.2) is 35.6 Å². The van der Waals surface area contributed by atoms with Gasteiger partial charge in [0.2, 0.25) is 0 Å². The fraction of sp³-hybridized carbons (Fsp3) is 0.613. The lowest BCUT2D eigenvalue weighted by atomic mass is 9.60. The number of fused-ring (bicyclic) bond motifs is 1. The molecule has 4 aliphatic carbocycles. The van der Waals surface area contributed by atoms with Gasteiger partial charge in [-0.1, -0.05) is 56.4 Å². The number of aliphatic hydroxyl groups excluding tert-OH is 2. The van der Waals surface area contributed by atoms with E-state index in [0.29, 0.717) is 35.5 Å². The van der Waals surface area contributed by atoms with Crippen molar-refractivity contribution in [1.82, 2.24) is 0 Å². The summed E-state index contributed by atoms with van der Waals surface area (Å²) in [5.41, 5.74) is 3.37. The Hall–Kier alpha value is -1.69. The van der Waals surface area contributed by atoms with E-state index in [-0.39, 0.29) is 5.41 Å². The third-order valence-corrected chi connectivity index (χ3v) is 12.7. The second-order valence-electron chi connectivity index (χ2n) is 12.3. The summed E-state index contributed by atoms with van der Waals surface area (Å²) in [6, 6.07) is 9.02. The molecule has 1 aromatic carbocycles. The molecule has 0 spiro atoms. The van der Waals surface area contributed by atoms with E-state index >= 15 is 0 Å². The zero-order valence-electron chi connectivity index (χ0n) is 21.8. The molecular weight excluding hydrogens is 468 g/mol. The van der Waals surface area contributed by atoms with E-state index in [4.69, 9.17) is 0 Å². The Morgan fingerprint density at radius 2 is 1.83 bits per heavy atom. The van der Waals surface area contributed by atoms with Crippen molar-refractivity contribution < 1.29 is 18.6 Å². The van der Waals surface area contributed by atoms with Crippen LogP contribution in [0.5, 0.6) is 0 Å². The molecule has 6 atom stereocenters. The summed E-state index contributed by atoms with van der Waals surface area (Å²) in [4.78, 5) is 0.473. The van der Waals surface area contributed by atoms with Gasteiger partial charge in [0.15, 0.2) is 9.84 Å². The van der Waals surface area contributed by atoms with E-state index < -0.39 is 26.8 Å². The summed E-state index contributed by atoms with van der Waals surface area (Å²) in [6.45, 7) is 8.81. The van der Waals surface area contributed by atoms with Gasteiger partial charge < -0.3 is 10.2 Å². The molecule has 0 aliphatic heterocycles. The molecule has 0 unspecified atom stereocenters. The Labute approximate surface area is 217 Å². The molecule has 36 heavy (non-hydrogen) atoms. The summed E-state index contributed by atoms with van der Waals surface area (Å²) >= 11 is 0. The zero-order chi connectivity index (χ0) is 25.7. The molecule has 4 nitrogen and oxygen atoms in total. The van der Waals surface area contributed by atoms with E-state index in [1.165, 1.54) is 12.0 Å². The standard InChI is InChI=1S/C31H42O4S/c1-21(20-31(16-17-31)36(34,35)26-9-5-4-6-10-26)27-13-14-28-23(8-7-15-30(27,28)3)11-12-24-18-25(32)19-29(33)22(24)2/h4-6,9-12,21,25,27-29,32-33H,2,7-8,13-20H2,1,3H3/b23-11+,24-12-/t21-,25-,27-,28+,29+,30-/m1/s1. The fourth-order valence-electron chi connectivity index (χ4n) is 7.98. The Balaban J connectivity index is 1.33. The number of aliphatic hydroxyl groups is 2. The first-order valence-electron chi connectivity index (χ1n) is 13.8. The van der Waals surface area contributed by atoms with Crippen molar-refractivity contribution in [3.63, 3.8) is 0 Å². The summed E-state index contributed by atoms with van der Waals surface area (Å²) < 4.78 is 26.5. The highest BCUT2D eigenvalue weighted by atomic mass is 32.2. The van der Waals surface area contributed by atoms with Gasteiger partial charge in [-0.3, -0.25) is 0 Å². The highest BCUT2D eigenvalue weighted by Crippen LogP contribution is 2.62. The van der Waals surface area contributed by atoms with Crippen LogP contribution in [-0.2, 0) is 9.84 Å². The van der Waals surface area contributed by atoms with Crippen LogP contribution in [0.25, 0.3) is 0 Å². The van der Waals surface area contributed by atoms with Crippen LogP contribution in [0.15, 0.2) is 70.7 Å². The highest BCUT2D eigenvalue weighted by Gasteiger charge is 2.58. The molecule has 4 saturated carbocycles. The Morgan fingerprint density at radius 3 is 2.53 bits per heavy atom. The first-order valence-corrected chi connectivity index (χ1v) is 15.3. The lowest BCUT2D eigenvalue weighted by Crippen LogP contribution is -2.38. The van der Waals surface area contributed by atoms with E-state index in [0.717, 1.165) is 56.1 Å². The van der Waals surface area contributed by atoms with E-state index in [2.05, 4.69) is 32.6 Å². The quantitative estimate of drug-likeness (QED) is 0.481. The first-order chi connectivity index (χ1) is 17.1. The maximum Gasteiger partial charge on any atom is 0.184 e. The van der Waals surface area contributed by atoms with Crippen molar-refractivity contribution in [1.29, 1.82) is 0 Å². The minimum atomic E-state index is -3.32. The van der Waals surface area contributed by atoms with Gasteiger partial charge in [0.1, 0.15) is 0 Å². The average Bonchev–Trinajstić information content (AvgIpc) is 3.54. The number of allylic oxidation sites excluding steroid dienone is 3. The molecule has 5 heteroatoms. The molecule has 4 fully saturated rings. The first kappa shape index (κ1) is 25.9. The molecule has 196 valence electrons. The topological polar surface area (TPSA) is 74.6 Å². The molecule has 0 bridgehead atoms. The van der Waals surface area contributed by atoms with Crippen molar-refractivity contribution in [2.24, 2.45) is 23.2 Å². The second kappa shape index (κ2) is 9.56. The number of rotatable bonds is 6. The van der Waals surface area contributed by atoms with Crippen molar-refractivity contribution in [3.05, 3.63) is 65.8 Å². The van der Waals surface area contributed by atoms with Crippen LogP contribution in [0.1, 0.15) is 78.1 Å². The fourth-order valence-corrected chi connectivity index (χ4v) is 10.1. The minimum Gasteiger partial charge on any atom is -0.393 e. The van der Waals surface area contributed by atoms with Gasteiger partial charge in [-0.2, -0.15) is 0 Å². The molecule has 0 radical (unpaired) electrons. The molecule has 1 aromatic rings. The lowest BCUT2D eigenvalue weighted by molar-refractivity contribution is 0.0861. The smallest absolute Gasteiger partial charge is 0.184 e. The Morgan fingerprint density at radius 1 is 1.11 bits per heavy atom. The number of sulfone groups is 1. The van der Waals surface area contributed by atoms with Crippen LogP contribution in [0.3, 0.4) is 0 Å². The van der Waals surface area contributed by atoms with Crippen molar-refractivity contribution in [2.45, 2.75) is 99.9 Å². The molecular formula is C31H42O4S. The summed E-state index contributed by atoms with van der Waals surface area (Å²) in [5.74, 6) is 1.40. The van der Waals surface area contributed by atoms with Gasteiger partial charge in [-0.25, -0.2) is 8.42 Å². The largest absolute Gasteiger partial charge is 0.393 e. The average molecular weight is 511 g/mol. The number of hydrogen-bond donors (Lipinski definition) is 2. The summed E-state index contributed by atoms with van der Waals surface area (Å²) in [6.07, 6.45) is 12.2.